The lowest BCUT2D eigenvalue weighted by molar-refractivity contribution is 0.0234. The third-order valence-corrected chi connectivity index (χ3v) is 3.90. The lowest BCUT2D eigenvalue weighted by Gasteiger charge is -2.14. The number of hydrogen-bond acceptors (Lipinski definition) is 4. The Bertz CT molecular complexity index is 965. The second-order valence-electron chi connectivity index (χ2n) is 5.87. The molecule has 2 N–H and O–H groups in total. The van der Waals surface area contributed by atoms with E-state index in [1.807, 2.05) is 30.3 Å². The average Bonchev–Trinajstić information content (AvgIpc) is 2.71. The highest BCUT2D eigenvalue weighted by Gasteiger charge is 2.17. The highest BCUT2D eigenvalue weighted by molar-refractivity contribution is 5.99. The first-order chi connectivity index (χ1) is 13.6. The van der Waals surface area contributed by atoms with Crippen molar-refractivity contribution in [3.8, 4) is 5.75 Å². The van der Waals surface area contributed by atoms with Gasteiger partial charge in [-0.1, -0.05) is 36.4 Å². The minimum Gasteiger partial charge on any atom is -0.497 e. The minimum atomic E-state index is -1.13. The monoisotopic (exact) mass is 384 g/mol. The van der Waals surface area contributed by atoms with Crippen LogP contribution >= 0.6 is 0 Å². The highest BCUT2D eigenvalue weighted by Crippen LogP contribution is 2.26. The van der Waals surface area contributed by atoms with Gasteiger partial charge in [-0.05, 0) is 23.8 Å². The van der Waals surface area contributed by atoms with Gasteiger partial charge in [0.2, 0.25) is 0 Å². The molecule has 0 fully saturated rings. The van der Waals surface area contributed by atoms with Crippen LogP contribution in [0.4, 0.5) is 20.2 Å². The summed E-state index contributed by atoms with van der Waals surface area (Å²) < 4.78 is 32.6. The molecule has 0 aliphatic rings. The van der Waals surface area contributed by atoms with E-state index in [1.54, 1.807) is 24.3 Å². The van der Waals surface area contributed by atoms with Gasteiger partial charge in [0, 0.05) is 17.8 Å². The van der Waals surface area contributed by atoms with Crippen molar-refractivity contribution in [1.29, 1.82) is 0 Å². The Labute approximate surface area is 160 Å². The molecule has 0 aromatic heterocycles. The van der Waals surface area contributed by atoms with E-state index in [9.17, 15) is 13.6 Å². The zero-order valence-electron chi connectivity index (χ0n) is 15.0. The molecular weight excluding hydrogens is 366 g/mol. The van der Waals surface area contributed by atoms with Crippen molar-refractivity contribution in [2.45, 2.75) is 6.61 Å². The van der Waals surface area contributed by atoms with E-state index < -0.39 is 17.5 Å². The maximum absolute atomic E-state index is 13.7. The van der Waals surface area contributed by atoms with Crippen LogP contribution in [0.2, 0.25) is 0 Å². The van der Waals surface area contributed by atoms with Gasteiger partial charge in [-0.3, -0.25) is 9.63 Å². The van der Waals surface area contributed by atoms with E-state index in [-0.39, 0.29) is 17.9 Å². The van der Waals surface area contributed by atoms with Crippen LogP contribution in [0.25, 0.3) is 0 Å². The van der Waals surface area contributed by atoms with E-state index in [4.69, 9.17) is 9.57 Å². The normalized spacial score (nSPS) is 10.4. The van der Waals surface area contributed by atoms with Crippen LogP contribution in [-0.4, -0.2) is 13.0 Å². The molecule has 144 valence electrons. The van der Waals surface area contributed by atoms with Gasteiger partial charge in [-0.2, -0.15) is 0 Å². The Morgan fingerprint density at radius 1 is 0.964 bits per heavy atom. The third kappa shape index (κ3) is 4.83. The number of rotatable bonds is 7. The lowest BCUT2D eigenvalue weighted by atomic mass is 10.1. The Morgan fingerprint density at radius 3 is 2.46 bits per heavy atom. The smallest absolute Gasteiger partial charge is 0.277 e. The molecule has 7 heteroatoms. The number of carbonyl (C=O) groups is 1. The van der Waals surface area contributed by atoms with Crippen LogP contribution in [0.5, 0.6) is 5.75 Å². The molecule has 0 bridgehead atoms. The first-order valence-electron chi connectivity index (χ1n) is 8.43. The Kier molecular flexibility index (Phi) is 6.18. The van der Waals surface area contributed by atoms with Gasteiger partial charge in [0.1, 0.15) is 5.75 Å². The van der Waals surface area contributed by atoms with Crippen LogP contribution in [0.15, 0.2) is 66.7 Å². The van der Waals surface area contributed by atoms with E-state index in [1.165, 1.54) is 7.11 Å². The van der Waals surface area contributed by atoms with Crippen LogP contribution in [-0.2, 0) is 11.4 Å². The largest absolute Gasteiger partial charge is 0.497 e. The first-order valence-corrected chi connectivity index (χ1v) is 8.43. The molecule has 0 spiro atoms. The van der Waals surface area contributed by atoms with Gasteiger partial charge in [-0.15, -0.1) is 0 Å². The summed E-state index contributed by atoms with van der Waals surface area (Å²) in [5.74, 6) is -2.35. The second-order valence-corrected chi connectivity index (χ2v) is 5.87. The quantitative estimate of drug-likeness (QED) is 0.586. The van der Waals surface area contributed by atoms with E-state index in [2.05, 4.69) is 10.8 Å². The lowest BCUT2D eigenvalue weighted by Crippen LogP contribution is -2.24. The number of methoxy groups -OCH3 is 1. The molecule has 3 aromatic carbocycles. The summed E-state index contributed by atoms with van der Waals surface area (Å²) >= 11 is 0. The van der Waals surface area contributed by atoms with Crippen LogP contribution in [0, 0.1) is 11.6 Å². The van der Waals surface area contributed by atoms with Gasteiger partial charge < -0.3 is 10.1 Å². The molecule has 0 atom stereocenters. The van der Waals surface area contributed by atoms with Crippen molar-refractivity contribution < 1.29 is 23.1 Å². The number of hydroxylamine groups is 1. The highest BCUT2D eigenvalue weighted by atomic mass is 19.2. The fraction of sp³-hybridized carbons (Fsp3) is 0.0952. The van der Waals surface area contributed by atoms with Gasteiger partial charge in [0.05, 0.1) is 25.0 Å². The third-order valence-electron chi connectivity index (χ3n) is 3.90. The van der Waals surface area contributed by atoms with Crippen molar-refractivity contribution in [3.63, 3.8) is 0 Å². The Morgan fingerprint density at radius 2 is 1.71 bits per heavy atom. The number of nitrogens with one attached hydrogen (secondary N) is 2. The first kappa shape index (κ1) is 19.3. The molecule has 1 amide bonds. The summed E-state index contributed by atoms with van der Waals surface area (Å²) in [4.78, 5) is 17.6. The fourth-order valence-electron chi connectivity index (χ4n) is 2.51. The number of carbonyl (C=O) groups excluding carboxylic acids is 1. The molecule has 0 saturated carbocycles. The summed E-state index contributed by atoms with van der Waals surface area (Å²) in [6.45, 7) is 0.134. The zero-order chi connectivity index (χ0) is 19.9. The molecule has 0 heterocycles. The standard InChI is InChI=1S/C21H18F2N2O3/c1-27-16-9-5-8-15(10-16)24-20-12-19(23)18(22)11-17(20)21(26)25-28-13-14-6-3-2-4-7-14/h2-12,24H,13H2,1H3,(H,25,26). The van der Waals surface area contributed by atoms with Gasteiger partial charge >= 0.3 is 0 Å². The predicted octanol–water partition coefficient (Wildman–Crippen LogP) is 4.58. The number of anilines is 2. The molecule has 28 heavy (non-hydrogen) atoms. The Balaban J connectivity index is 1.77. The molecule has 0 aliphatic heterocycles. The van der Waals surface area contributed by atoms with Gasteiger partial charge in [-0.25, -0.2) is 14.3 Å². The summed E-state index contributed by atoms with van der Waals surface area (Å²) in [6, 6.07) is 17.8. The topological polar surface area (TPSA) is 59.6 Å². The number of hydrogen-bond donors (Lipinski definition) is 2. The summed E-state index contributed by atoms with van der Waals surface area (Å²) in [5.41, 5.74) is 3.63. The van der Waals surface area contributed by atoms with E-state index in [0.29, 0.717) is 11.4 Å². The fourth-order valence-corrected chi connectivity index (χ4v) is 2.51. The Hall–Kier alpha value is -3.45. The molecule has 0 saturated heterocycles. The van der Waals surface area contributed by atoms with Crippen molar-refractivity contribution in [2.75, 3.05) is 12.4 Å². The maximum Gasteiger partial charge on any atom is 0.277 e. The second kappa shape index (κ2) is 8.96. The molecule has 0 aliphatic carbocycles. The minimum absolute atomic E-state index is 0.0907. The molecule has 0 radical (unpaired) electrons. The zero-order valence-corrected chi connectivity index (χ0v) is 15.0. The predicted molar refractivity (Wildman–Crippen MR) is 101 cm³/mol. The van der Waals surface area contributed by atoms with E-state index >= 15 is 0 Å². The molecular formula is C21H18F2N2O3. The number of benzene rings is 3. The average molecular weight is 384 g/mol. The van der Waals surface area contributed by atoms with Crippen molar-refractivity contribution in [2.24, 2.45) is 0 Å². The van der Waals surface area contributed by atoms with Crippen molar-refractivity contribution >= 4 is 17.3 Å². The SMILES string of the molecule is COc1cccc(Nc2cc(F)c(F)cc2C(=O)NOCc2ccccc2)c1. The summed E-state index contributed by atoms with van der Waals surface area (Å²) in [5, 5.41) is 2.90. The van der Waals surface area contributed by atoms with Crippen LogP contribution < -0.4 is 15.5 Å². The maximum atomic E-state index is 13.7. The van der Waals surface area contributed by atoms with Crippen LogP contribution in [0.3, 0.4) is 0 Å². The molecule has 0 unspecified atom stereocenters. The van der Waals surface area contributed by atoms with Crippen molar-refractivity contribution in [3.05, 3.63) is 89.5 Å². The van der Waals surface area contributed by atoms with Crippen LogP contribution in [0.1, 0.15) is 15.9 Å². The van der Waals surface area contributed by atoms with E-state index in [0.717, 1.165) is 17.7 Å². The molecule has 3 rings (SSSR count). The van der Waals surface area contributed by atoms with Crippen molar-refractivity contribution in [1.82, 2.24) is 5.48 Å². The summed E-state index contributed by atoms with van der Waals surface area (Å²) in [7, 11) is 1.51. The molecule has 5 nitrogen and oxygen atoms in total. The van der Waals surface area contributed by atoms with Gasteiger partial charge in [0.15, 0.2) is 11.6 Å². The number of ether oxygens (including phenoxy) is 1. The number of amides is 1. The van der Waals surface area contributed by atoms with Gasteiger partial charge in [0.25, 0.3) is 5.91 Å². The summed E-state index contributed by atoms with van der Waals surface area (Å²) in [6.07, 6.45) is 0. The molecule has 3 aromatic rings. The number of halogens is 2.